The molecule has 4 nitrogen and oxygen atoms in total. The minimum atomic E-state index is -0.601. The fourth-order valence-corrected chi connectivity index (χ4v) is 2.80. The lowest BCUT2D eigenvalue weighted by atomic mass is 9.92. The molecule has 5 heteroatoms. The van der Waals surface area contributed by atoms with Crippen molar-refractivity contribution >= 4 is 28.7 Å². The van der Waals surface area contributed by atoms with Crippen molar-refractivity contribution in [3.05, 3.63) is 29.8 Å². The highest BCUT2D eigenvalue weighted by Crippen LogP contribution is 2.36. The molecule has 0 radical (unpaired) electrons. The van der Waals surface area contributed by atoms with E-state index in [2.05, 4.69) is 22.6 Å². The van der Waals surface area contributed by atoms with Gasteiger partial charge in [0.15, 0.2) is 5.60 Å². The third kappa shape index (κ3) is 2.48. The van der Waals surface area contributed by atoms with Gasteiger partial charge >= 0.3 is 6.16 Å². The van der Waals surface area contributed by atoms with Crippen LogP contribution in [0.5, 0.6) is 5.75 Å². The van der Waals surface area contributed by atoms with Crippen LogP contribution in [-0.4, -0.2) is 24.3 Å². The van der Waals surface area contributed by atoms with E-state index in [9.17, 15) is 4.79 Å². The van der Waals surface area contributed by atoms with Crippen molar-refractivity contribution in [1.82, 2.24) is 0 Å². The highest BCUT2D eigenvalue weighted by molar-refractivity contribution is 14.1. The topological polar surface area (TPSA) is 44.8 Å². The summed E-state index contributed by atoms with van der Waals surface area (Å²) in [5.74, 6) is 0.759. The third-order valence-electron chi connectivity index (χ3n) is 2.82. The number of alkyl halides is 1. The Kier molecular flexibility index (Phi) is 3.76. The van der Waals surface area contributed by atoms with Gasteiger partial charge in [-0.2, -0.15) is 0 Å². The average Bonchev–Trinajstić information content (AvgIpc) is 2.38. The summed E-state index contributed by atoms with van der Waals surface area (Å²) in [5, 5.41) is 0. The Morgan fingerprint density at radius 1 is 1.53 bits per heavy atom. The van der Waals surface area contributed by atoms with Crippen molar-refractivity contribution in [3.8, 4) is 5.75 Å². The van der Waals surface area contributed by atoms with Crippen LogP contribution in [0.4, 0.5) is 4.79 Å². The second-order valence-electron chi connectivity index (χ2n) is 3.81. The lowest BCUT2D eigenvalue weighted by Gasteiger charge is -2.35. The number of carbonyl (C=O) groups excluding carboxylic acids is 1. The zero-order valence-electron chi connectivity index (χ0n) is 9.44. The highest BCUT2D eigenvalue weighted by Gasteiger charge is 2.39. The van der Waals surface area contributed by atoms with Crippen LogP contribution in [-0.2, 0) is 15.1 Å². The molecule has 1 aromatic rings. The molecule has 1 fully saturated rings. The molecule has 1 aliphatic rings. The maximum absolute atomic E-state index is 11.3. The molecule has 2 rings (SSSR count). The SMILES string of the molecule is COc1cccc([C@@]2(CI)CCOC(=O)O2)c1. The summed E-state index contributed by atoms with van der Waals surface area (Å²) < 4.78 is 16.1. The molecule has 0 aliphatic carbocycles. The van der Waals surface area contributed by atoms with Crippen LogP contribution in [0.15, 0.2) is 24.3 Å². The van der Waals surface area contributed by atoms with E-state index < -0.39 is 11.8 Å². The molecule has 1 aliphatic heterocycles. The van der Waals surface area contributed by atoms with E-state index >= 15 is 0 Å². The Hall–Kier alpha value is -0.980. The maximum Gasteiger partial charge on any atom is 0.509 e. The van der Waals surface area contributed by atoms with Crippen LogP contribution in [0.3, 0.4) is 0 Å². The monoisotopic (exact) mass is 348 g/mol. The molecule has 1 saturated heterocycles. The number of benzene rings is 1. The quantitative estimate of drug-likeness (QED) is 0.479. The first kappa shape index (κ1) is 12.5. The summed E-state index contributed by atoms with van der Waals surface area (Å²) in [6.07, 6.45) is 0.0604. The zero-order valence-corrected chi connectivity index (χ0v) is 11.6. The third-order valence-corrected chi connectivity index (χ3v) is 4.05. The summed E-state index contributed by atoms with van der Waals surface area (Å²) in [6.45, 7) is 0.388. The molecular weight excluding hydrogens is 335 g/mol. The van der Waals surface area contributed by atoms with E-state index in [0.717, 1.165) is 11.3 Å². The van der Waals surface area contributed by atoms with E-state index in [0.29, 0.717) is 17.5 Å². The minimum Gasteiger partial charge on any atom is -0.497 e. The van der Waals surface area contributed by atoms with E-state index in [1.807, 2.05) is 24.3 Å². The fraction of sp³-hybridized carbons (Fsp3) is 0.417. The van der Waals surface area contributed by atoms with E-state index in [4.69, 9.17) is 14.2 Å². The first-order chi connectivity index (χ1) is 8.20. The second kappa shape index (κ2) is 5.12. The van der Waals surface area contributed by atoms with Crippen molar-refractivity contribution in [2.24, 2.45) is 0 Å². The largest absolute Gasteiger partial charge is 0.509 e. The van der Waals surface area contributed by atoms with Crippen LogP contribution < -0.4 is 4.74 Å². The number of methoxy groups -OCH3 is 1. The first-order valence-electron chi connectivity index (χ1n) is 5.26. The predicted octanol–water partition coefficient (Wildman–Crippen LogP) is 2.88. The summed E-state index contributed by atoms with van der Waals surface area (Å²) in [4.78, 5) is 11.3. The van der Waals surface area contributed by atoms with Crippen LogP contribution >= 0.6 is 22.6 Å². The van der Waals surface area contributed by atoms with Gasteiger partial charge in [-0.05, 0) is 12.1 Å². The number of carbonyl (C=O) groups is 1. The highest BCUT2D eigenvalue weighted by atomic mass is 127. The number of halogens is 1. The summed E-state index contributed by atoms with van der Waals surface area (Å²) in [6, 6.07) is 7.61. The van der Waals surface area contributed by atoms with Gasteiger partial charge in [0.1, 0.15) is 5.75 Å². The van der Waals surface area contributed by atoms with Crippen molar-refractivity contribution in [3.63, 3.8) is 0 Å². The van der Waals surface area contributed by atoms with Gasteiger partial charge in [0.05, 0.1) is 13.7 Å². The van der Waals surface area contributed by atoms with Crippen molar-refractivity contribution in [2.45, 2.75) is 12.0 Å². The molecule has 1 aromatic carbocycles. The normalized spacial score (nSPS) is 23.8. The van der Waals surface area contributed by atoms with Gasteiger partial charge in [0.25, 0.3) is 0 Å². The van der Waals surface area contributed by atoms with Crippen LogP contribution in [0, 0.1) is 0 Å². The van der Waals surface area contributed by atoms with Crippen LogP contribution in [0.25, 0.3) is 0 Å². The summed E-state index contributed by atoms with van der Waals surface area (Å²) >= 11 is 2.22. The van der Waals surface area contributed by atoms with Gasteiger partial charge in [-0.3, -0.25) is 0 Å². The van der Waals surface area contributed by atoms with Gasteiger partial charge in [-0.25, -0.2) is 4.79 Å². The number of rotatable bonds is 3. The fourth-order valence-electron chi connectivity index (χ4n) is 1.82. The second-order valence-corrected chi connectivity index (χ2v) is 4.57. The lowest BCUT2D eigenvalue weighted by molar-refractivity contribution is -0.0751. The summed E-state index contributed by atoms with van der Waals surface area (Å²) in [5.41, 5.74) is 0.354. The Labute approximate surface area is 113 Å². The van der Waals surface area contributed by atoms with Crippen molar-refractivity contribution < 1.29 is 19.0 Å². The molecule has 0 unspecified atom stereocenters. The number of ether oxygens (including phenoxy) is 3. The minimum absolute atomic E-state index is 0.388. The molecule has 1 heterocycles. The smallest absolute Gasteiger partial charge is 0.497 e. The molecule has 0 spiro atoms. The van der Waals surface area contributed by atoms with Gasteiger partial charge in [-0.1, -0.05) is 34.7 Å². The Balaban J connectivity index is 2.35. The Morgan fingerprint density at radius 2 is 2.35 bits per heavy atom. The van der Waals surface area contributed by atoms with Gasteiger partial charge in [0.2, 0.25) is 0 Å². The molecule has 17 heavy (non-hydrogen) atoms. The van der Waals surface area contributed by atoms with E-state index in [1.165, 1.54) is 0 Å². The van der Waals surface area contributed by atoms with Gasteiger partial charge < -0.3 is 14.2 Å². The molecule has 0 aromatic heterocycles. The predicted molar refractivity (Wildman–Crippen MR) is 70.6 cm³/mol. The molecule has 1 atom stereocenters. The molecule has 92 valence electrons. The molecular formula is C12H13IO4. The molecule has 0 N–H and O–H groups in total. The first-order valence-corrected chi connectivity index (χ1v) is 6.79. The van der Waals surface area contributed by atoms with Crippen molar-refractivity contribution in [1.29, 1.82) is 0 Å². The van der Waals surface area contributed by atoms with E-state index in [-0.39, 0.29) is 0 Å². The number of hydrogen-bond acceptors (Lipinski definition) is 4. The number of hydrogen-bond donors (Lipinski definition) is 0. The standard InChI is InChI=1S/C12H13IO4/c1-15-10-4-2-3-9(7-10)12(8-13)5-6-16-11(14)17-12/h2-4,7H,5-6,8H2,1H3/t12-/m0/s1. The average molecular weight is 348 g/mol. The van der Waals surface area contributed by atoms with Crippen LogP contribution in [0.1, 0.15) is 12.0 Å². The Morgan fingerprint density at radius 3 is 3.00 bits per heavy atom. The molecule has 0 saturated carbocycles. The Bertz CT molecular complexity index is 421. The van der Waals surface area contributed by atoms with Gasteiger partial charge in [-0.15, -0.1) is 0 Å². The molecule has 0 bridgehead atoms. The lowest BCUT2D eigenvalue weighted by Crippen LogP contribution is -2.40. The van der Waals surface area contributed by atoms with E-state index in [1.54, 1.807) is 7.11 Å². The van der Waals surface area contributed by atoms with Gasteiger partial charge in [0, 0.05) is 16.4 Å². The molecule has 0 amide bonds. The van der Waals surface area contributed by atoms with Crippen LogP contribution in [0.2, 0.25) is 0 Å². The maximum atomic E-state index is 11.3. The van der Waals surface area contributed by atoms with Crippen molar-refractivity contribution in [2.75, 3.05) is 18.1 Å². The summed E-state index contributed by atoms with van der Waals surface area (Å²) in [7, 11) is 1.62. The number of cyclic esters (lactones) is 2. The zero-order chi connectivity index (χ0) is 12.3.